The second-order valence-electron chi connectivity index (χ2n) is 9.34. The molecular formula is C27H32ClN5O4S. The molecule has 1 amide bonds. The summed E-state index contributed by atoms with van der Waals surface area (Å²) in [6.07, 6.45) is 7.49. The average Bonchev–Trinajstić information content (AvgIpc) is 3.39. The average molecular weight is 558 g/mol. The molecule has 1 aromatic carbocycles. The van der Waals surface area contributed by atoms with Crippen LogP contribution in [-0.4, -0.2) is 33.2 Å². The van der Waals surface area contributed by atoms with Crippen molar-refractivity contribution in [2.75, 3.05) is 4.72 Å². The van der Waals surface area contributed by atoms with Gasteiger partial charge in [-0.1, -0.05) is 73.1 Å². The number of imidazole rings is 1. The van der Waals surface area contributed by atoms with Gasteiger partial charge in [-0.2, -0.15) is 0 Å². The first kappa shape index (κ1) is 27.7. The Bertz CT molecular complexity index is 1520. The summed E-state index contributed by atoms with van der Waals surface area (Å²) in [5, 5.41) is 3.82. The lowest BCUT2D eigenvalue weighted by Gasteiger charge is -2.30. The maximum atomic E-state index is 13.5. The number of nitrogens with one attached hydrogen (secondary N) is 1. The van der Waals surface area contributed by atoms with Gasteiger partial charge in [-0.05, 0) is 43.4 Å². The topological polar surface area (TPSA) is 133 Å². The lowest BCUT2D eigenvalue weighted by Crippen LogP contribution is -2.39. The van der Waals surface area contributed by atoms with Gasteiger partial charge in [0.1, 0.15) is 11.5 Å². The molecule has 1 aliphatic carbocycles. The molecule has 38 heavy (non-hydrogen) atoms. The maximum absolute atomic E-state index is 13.5. The number of amides is 1. The fourth-order valence-electron chi connectivity index (χ4n) is 4.53. The molecule has 0 radical (unpaired) electrons. The van der Waals surface area contributed by atoms with Crippen molar-refractivity contribution in [2.45, 2.75) is 64.1 Å². The van der Waals surface area contributed by atoms with Gasteiger partial charge in [-0.15, -0.1) is 0 Å². The lowest BCUT2D eigenvalue weighted by atomic mass is 9.95. The van der Waals surface area contributed by atoms with Crippen LogP contribution in [0.25, 0.3) is 5.57 Å². The van der Waals surface area contributed by atoms with E-state index in [9.17, 15) is 13.2 Å². The van der Waals surface area contributed by atoms with Crippen molar-refractivity contribution >= 4 is 39.0 Å². The molecule has 3 aromatic rings. The molecule has 0 spiro atoms. The standard InChI is InChI=1S/C27H32ClN5O4S/c1-5-9-23-30-22(6-2)24(25(29)34)33(23)16-19-11-13-20(14-12-19)21-10-7-8-15-27(21,28)38(35,36)32-26-17(3)18(4)31-37-26/h7-8,10-14,32H,5-6,9,15-16H2,1-4H3,(H2,29,34). The van der Waals surface area contributed by atoms with Crippen molar-refractivity contribution in [3.05, 3.63) is 82.1 Å². The van der Waals surface area contributed by atoms with Gasteiger partial charge in [0, 0.05) is 24.9 Å². The van der Waals surface area contributed by atoms with Gasteiger partial charge >= 0.3 is 0 Å². The Hall–Kier alpha value is -3.37. The molecule has 1 atom stereocenters. The van der Waals surface area contributed by atoms with Gasteiger partial charge in [0.2, 0.25) is 5.88 Å². The van der Waals surface area contributed by atoms with E-state index < -0.39 is 20.1 Å². The van der Waals surface area contributed by atoms with Crippen LogP contribution in [0, 0.1) is 13.8 Å². The summed E-state index contributed by atoms with van der Waals surface area (Å²) in [6.45, 7) is 7.87. The summed E-state index contributed by atoms with van der Waals surface area (Å²) < 4.78 is 34.8. The van der Waals surface area contributed by atoms with E-state index in [2.05, 4.69) is 21.8 Å². The van der Waals surface area contributed by atoms with Gasteiger partial charge in [0.25, 0.3) is 15.9 Å². The summed E-state index contributed by atoms with van der Waals surface area (Å²) in [6, 6.07) is 7.44. The Morgan fingerprint density at radius 3 is 2.53 bits per heavy atom. The van der Waals surface area contributed by atoms with Gasteiger partial charge < -0.3 is 14.8 Å². The number of nitrogens with two attached hydrogens (primary N) is 1. The SMILES string of the molecule is CCCc1nc(CC)c(C(N)=O)n1Cc1ccc(C2=CC=CCC2(Cl)S(=O)(=O)Nc2onc(C)c2C)cc1. The highest BCUT2D eigenvalue weighted by molar-refractivity contribution is 7.95. The normalized spacial score (nSPS) is 17.4. The van der Waals surface area contributed by atoms with Crippen LogP contribution in [0.1, 0.15) is 71.1 Å². The largest absolute Gasteiger partial charge is 0.364 e. The minimum absolute atomic E-state index is 0.0479. The van der Waals surface area contributed by atoms with Crippen molar-refractivity contribution in [3.63, 3.8) is 0 Å². The Labute approximate surface area is 227 Å². The molecule has 0 bridgehead atoms. The van der Waals surface area contributed by atoms with Crippen molar-refractivity contribution in [2.24, 2.45) is 5.73 Å². The van der Waals surface area contributed by atoms with Crippen LogP contribution in [-0.2, 0) is 29.4 Å². The smallest absolute Gasteiger partial charge is 0.267 e. The van der Waals surface area contributed by atoms with Crippen molar-refractivity contribution in [3.8, 4) is 0 Å². The molecule has 2 heterocycles. The fraction of sp³-hybridized carbons (Fsp3) is 0.370. The molecule has 1 aliphatic rings. The third-order valence-corrected chi connectivity index (χ3v) is 9.42. The first-order valence-electron chi connectivity index (χ1n) is 12.5. The summed E-state index contributed by atoms with van der Waals surface area (Å²) in [5.74, 6) is 0.359. The predicted molar refractivity (Wildman–Crippen MR) is 148 cm³/mol. The van der Waals surface area contributed by atoms with Gasteiger partial charge in [-0.25, -0.2) is 18.1 Å². The van der Waals surface area contributed by atoms with Crippen molar-refractivity contribution < 1.29 is 17.7 Å². The highest BCUT2D eigenvalue weighted by atomic mass is 35.5. The molecule has 0 saturated heterocycles. The zero-order chi connectivity index (χ0) is 27.7. The number of alkyl halides is 1. The number of carbonyl (C=O) groups excluding carboxylic acids is 1. The summed E-state index contributed by atoms with van der Waals surface area (Å²) in [5.41, 5.74) is 10.0. The van der Waals surface area contributed by atoms with Crippen LogP contribution in [0.4, 0.5) is 5.88 Å². The summed E-state index contributed by atoms with van der Waals surface area (Å²) in [4.78, 5) is 16.9. The van der Waals surface area contributed by atoms with Crippen LogP contribution in [0.2, 0.25) is 0 Å². The number of allylic oxidation sites excluding steroid dienone is 3. The van der Waals surface area contributed by atoms with Crippen LogP contribution < -0.4 is 10.5 Å². The molecule has 9 nitrogen and oxygen atoms in total. The van der Waals surface area contributed by atoms with E-state index in [1.807, 2.05) is 35.8 Å². The number of benzene rings is 1. The minimum Gasteiger partial charge on any atom is -0.364 e. The molecule has 3 N–H and O–H groups in total. The molecule has 0 saturated carbocycles. The van der Waals surface area contributed by atoms with E-state index >= 15 is 0 Å². The highest BCUT2D eigenvalue weighted by Crippen LogP contribution is 2.44. The Balaban J connectivity index is 1.65. The highest BCUT2D eigenvalue weighted by Gasteiger charge is 2.47. The third-order valence-electron chi connectivity index (χ3n) is 6.76. The molecule has 11 heteroatoms. The predicted octanol–water partition coefficient (Wildman–Crippen LogP) is 4.87. The zero-order valence-corrected chi connectivity index (χ0v) is 23.5. The molecular weight excluding hydrogens is 526 g/mol. The Kier molecular flexibility index (Phi) is 7.85. The monoisotopic (exact) mass is 557 g/mol. The molecule has 0 fully saturated rings. The number of hydrogen-bond acceptors (Lipinski definition) is 6. The van der Waals surface area contributed by atoms with Crippen molar-refractivity contribution in [1.29, 1.82) is 0 Å². The Morgan fingerprint density at radius 1 is 1.24 bits per heavy atom. The second kappa shape index (κ2) is 10.8. The third kappa shape index (κ3) is 5.02. The van der Waals surface area contributed by atoms with Crippen LogP contribution in [0.15, 0.2) is 47.0 Å². The van der Waals surface area contributed by atoms with Gasteiger partial charge in [-0.3, -0.25) is 4.79 Å². The van der Waals surface area contributed by atoms with E-state index in [1.54, 1.807) is 32.1 Å². The van der Waals surface area contributed by atoms with E-state index in [0.29, 0.717) is 46.7 Å². The summed E-state index contributed by atoms with van der Waals surface area (Å²) >= 11 is 6.88. The molecule has 4 rings (SSSR count). The number of anilines is 1. The molecule has 1 unspecified atom stereocenters. The first-order chi connectivity index (χ1) is 18.0. The molecule has 0 aliphatic heterocycles. The lowest BCUT2D eigenvalue weighted by molar-refractivity contribution is 0.0990. The number of nitrogens with zero attached hydrogens (tertiary/aromatic N) is 3. The fourth-order valence-corrected chi connectivity index (χ4v) is 6.29. The molecule has 2 aromatic heterocycles. The number of carbonyl (C=O) groups is 1. The quantitative estimate of drug-likeness (QED) is 0.342. The maximum Gasteiger partial charge on any atom is 0.267 e. The Morgan fingerprint density at radius 2 is 1.95 bits per heavy atom. The van der Waals surface area contributed by atoms with E-state index in [1.165, 1.54) is 0 Å². The number of sulfonamides is 1. The summed E-state index contributed by atoms with van der Waals surface area (Å²) in [7, 11) is -4.13. The number of primary amides is 1. The van der Waals surface area contributed by atoms with Gasteiger partial charge in [0.15, 0.2) is 4.21 Å². The van der Waals surface area contributed by atoms with Gasteiger partial charge in [0.05, 0.1) is 11.4 Å². The van der Waals surface area contributed by atoms with E-state index in [4.69, 9.17) is 21.9 Å². The number of halogens is 1. The second-order valence-corrected chi connectivity index (χ2v) is 12.1. The van der Waals surface area contributed by atoms with Crippen molar-refractivity contribution in [1.82, 2.24) is 14.7 Å². The van der Waals surface area contributed by atoms with E-state index in [0.717, 1.165) is 24.2 Å². The zero-order valence-electron chi connectivity index (χ0n) is 21.9. The van der Waals surface area contributed by atoms with Crippen LogP contribution in [0.5, 0.6) is 0 Å². The van der Waals surface area contributed by atoms with Crippen LogP contribution in [0.3, 0.4) is 0 Å². The number of rotatable bonds is 10. The molecule has 202 valence electrons. The number of hydrogen-bond donors (Lipinski definition) is 2. The van der Waals surface area contributed by atoms with Crippen LogP contribution >= 0.6 is 11.6 Å². The number of aryl methyl sites for hydroxylation is 3. The van der Waals surface area contributed by atoms with E-state index in [-0.39, 0.29) is 12.3 Å². The minimum atomic E-state index is -4.13. The number of aromatic nitrogens is 3. The first-order valence-corrected chi connectivity index (χ1v) is 14.4.